The molecule has 0 spiro atoms. The molecule has 1 N–H and O–H groups in total. The largest absolute Gasteiger partial charge is 0.339 e. The van der Waals surface area contributed by atoms with Crippen LogP contribution in [0.2, 0.25) is 0 Å². The summed E-state index contributed by atoms with van der Waals surface area (Å²) < 4.78 is 4.93. The Balaban J connectivity index is 2.25. The molecule has 70 valence electrons. The first-order valence-electron chi connectivity index (χ1n) is 4.50. The van der Waals surface area contributed by atoms with Crippen LogP contribution < -0.4 is 5.32 Å². The van der Waals surface area contributed by atoms with E-state index in [0.717, 1.165) is 18.8 Å². The van der Waals surface area contributed by atoms with Gasteiger partial charge in [0.15, 0.2) is 5.82 Å². The highest BCUT2D eigenvalue weighted by atomic mass is 16.5. The molecule has 0 saturated carbocycles. The first-order chi connectivity index (χ1) is 6.25. The van der Waals surface area contributed by atoms with Gasteiger partial charge >= 0.3 is 0 Å². The summed E-state index contributed by atoms with van der Waals surface area (Å²) in [5.41, 5.74) is 1.18. The van der Waals surface area contributed by atoms with Crippen LogP contribution in [0.1, 0.15) is 25.1 Å². The van der Waals surface area contributed by atoms with E-state index in [2.05, 4.69) is 28.5 Å². The Morgan fingerprint density at radius 2 is 2.46 bits per heavy atom. The van der Waals surface area contributed by atoms with Gasteiger partial charge in [-0.15, -0.1) is 0 Å². The monoisotopic (exact) mass is 179 g/mol. The van der Waals surface area contributed by atoms with Crippen LogP contribution in [0, 0.1) is 6.92 Å². The molecule has 0 amide bonds. The lowest BCUT2D eigenvalue weighted by atomic mass is 10.1. The van der Waals surface area contributed by atoms with Crippen molar-refractivity contribution in [2.45, 2.75) is 26.3 Å². The third kappa shape index (κ3) is 1.78. The molecule has 0 radical (unpaired) electrons. The van der Waals surface area contributed by atoms with Crippen LogP contribution in [-0.2, 0) is 0 Å². The third-order valence-corrected chi connectivity index (χ3v) is 2.13. The predicted molar refractivity (Wildman–Crippen MR) is 49.1 cm³/mol. The molecule has 0 bridgehead atoms. The fourth-order valence-corrected chi connectivity index (χ4v) is 1.49. The van der Waals surface area contributed by atoms with E-state index < -0.39 is 0 Å². The minimum atomic E-state index is 0.405. The summed E-state index contributed by atoms with van der Waals surface area (Å²) in [7, 11) is 0. The maximum Gasteiger partial charge on any atom is 0.223 e. The van der Waals surface area contributed by atoms with Crippen LogP contribution in [0.5, 0.6) is 0 Å². The Morgan fingerprint density at radius 1 is 1.62 bits per heavy atom. The number of nitrogens with one attached hydrogen (secondary N) is 1. The zero-order valence-electron chi connectivity index (χ0n) is 7.87. The molecule has 0 saturated heterocycles. The van der Waals surface area contributed by atoms with Crippen LogP contribution in [0.25, 0.3) is 5.57 Å². The maximum atomic E-state index is 4.93. The molecule has 1 aliphatic rings. The van der Waals surface area contributed by atoms with Crippen LogP contribution >= 0.6 is 0 Å². The molecule has 4 nitrogen and oxygen atoms in total. The topological polar surface area (TPSA) is 51.0 Å². The quantitative estimate of drug-likeness (QED) is 0.702. The molecule has 4 heteroatoms. The molecule has 1 aliphatic heterocycles. The molecular formula is C9H13N3O. The summed E-state index contributed by atoms with van der Waals surface area (Å²) in [6.45, 7) is 4.91. The van der Waals surface area contributed by atoms with Crippen molar-refractivity contribution >= 4 is 5.57 Å². The molecule has 1 aromatic heterocycles. The fourth-order valence-electron chi connectivity index (χ4n) is 1.49. The molecular weight excluding hydrogens is 166 g/mol. The van der Waals surface area contributed by atoms with E-state index in [4.69, 9.17) is 4.52 Å². The van der Waals surface area contributed by atoms with Crippen LogP contribution in [0.15, 0.2) is 10.6 Å². The van der Waals surface area contributed by atoms with E-state index >= 15 is 0 Å². The number of rotatable bonds is 1. The van der Waals surface area contributed by atoms with Crippen LogP contribution in [-0.4, -0.2) is 22.7 Å². The van der Waals surface area contributed by atoms with Gasteiger partial charge in [-0.1, -0.05) is 11.2 Å². The Kier molecular flexibility index (Phi) is 2.14. The zero-order chi connectivity index (χ0) is 9.26. The second kappa shape index (κ2) is 3.30. The number of aryl methyl sites for hydroxylation is 1. The summed E-state index contributed by atoms with van der Waals surface area (Å²) in [6.07, 6.45) is 3.12. The molecule has 1 unspecified atom stereocenters. The standard InChI is InChI=1S/C9H13N3O/c1-6-5-8(3-4-10-6)9-11-7(2)13-12-9/h5-6,10H,3-4H2,1-2H3. The average Bonchev–Trinajstić information content (AvgIpc) is 2.52. The van der Waals surface area contributed by atoms with Crippen LogP contribution in [0.3, 0.4) is 0 Å². The van der Waals surface area contributed by atoms with Crippen molar-refractivity contribution in [3.05, 3.63) is 17.8 Å². The Bertz CT molecular complexity index is 329. The SMILES string of the molecule is Cc1nc(C2=CC(C)NCC2)no1. The van der Waals surface area contributed by atoms with E-state index in [1.165, 1.54) is 5.57 Å². The highest BCUT2D eigenvalue weighted by molar-refractivity contribution is 5.61. The molecule has 0 fully saturated rings. The van der Waals surface area contributed by atoms with Gasteiger partial charge in [0, 0.05) is 13.0 Å². The van der Waals surface area contributed by atoms with Crippen molar-refractivity contribution in [1.29, 1.82) is 0 Å². The second-order valence-corrected chi connectivity index (χ2v) is 3.32. The maximum absolute atomic E-state index is 4.93. The van der Waals surface area contributed by atoms with Gasteiger partial charge in [-0.05, 0) is 25.5 Å². The van der Waals surface area contributed by atoms with Gasteiger partial charge < -0.3 is 9.84 Å². The summed E-state index contributed by atoms with van der Waals surface area (Å²) in [4.78, 5) is 4.19. The summed E-state index contributed by atoms with van der Waals surface area (Å²) in [5.74, 6) is 1.37. The van der Waals surface area contributed by atoms with Gasteiger partial charge in [0.05, 0.1) is 0 Å². The molecule has 0 aliphatic carbocycles. The smallest absolute Gasteiger partial charge is 0.223 e. The summed E-state index contributed by atoms with van der Waals surface area (Å²) in [5, 5.41) is 7.22. The molecule has 1 atom stereocenters. The van der Waals surface area contributed by atoms with Crippen molar-refractivity contribution in [1.82, 2.24) is 15.5 Å². The number of nitrogens with zero attached hydrogens (tertiary/aromatic N) is 2. The molecule has 2 rings (SSSR count). The van der Waals surface area contributed by atoms with Gasteiger partial charge in [-0.2, -0.15) is 4.98 Å². The van der Waals surface area contributed by atoms with Crippen molar-refractivity contribution in [2.24, 2.45) is 0 Å². The van der Waals surface area contributed by atoms with Gasteiger partial charge in [0.25, 0.3) is 0 Å². The second-order valence-electron chi connectivity index (χ2n) is 3.32. The predicted octanol–water partition coefficient (Wildman–Crippen LogP) is 1.14. The van der Waals surface area contributed by atoms with Crippen LogP contribution in [0.4, 0.5) is 0 Å². The van der Waals surface area contributed by atoms with E-state index in [1.54, 1.807) is 0 Å². The molecule has 13 heavy (non-hydrogen) atoms. The lowest BCUT2D eigenvalue weighted by molar-refractivity contribution is 0.391. The number of aromatic nitrogens is 2. The van der Waals surface area contributed by atoms with Gasteiger partial charge in [0.1, 0.15) is 0 Å². The van der Waals surface area contributed by atoms with Gasteiger partial charge in [0.2, 0.25) is 5.89 Å². The highest BCUT2D eigenvalue weighted by Gasteiger charge is 2.14. The highest BCUT2D eigenvalue weighted by Crippen LogP contribution is 2.18. The zero-order valence-corrected chi connectivity index (χ0v) is 7.87. The van der Waals surface area contributed by atoms with Crippen molar-refractivity contribution in [3.63, 3.8) is 0 Å². The molecule has 0 aromatic carbocycles. The third-order valence-electron chi connectivity index (χ3n) is 2.13. The Labute approximate surface area is 77.0 Å². The minimum Gasteiger partial charge on any atom is -0.339 e. The normalized spacial score (nSPS) is 22.9. The number of hydrogen-bond donors (Lipinski definition) is 1. The first kappa shape index (κ1) is 8.44. The van der Waals surface area contributed by atoms with Crippen molar-refractivity contribution < 1.29 is 4.52 Å². The lowest BCUT2D eigenvalue weighted by Crippen LogP contribution is -2.29. The van der Waals surface area contributed by atoms with E-state index in [1.807, 2.05) is 6.92 Å². The molecule has 2 heterocycles. The lowest BCUT2D eigenvalue weighted by Gasteiger charge is -2.17. The Hall–Kier alpha value is -1.16. The first-order valence-corrected chi connectivity index (χ1v) is 4.50. The van der Waals surface area contributed by atoms with Gasteiger partial charge in [-0.25, -0.2) is 0 Å². The summed E-state index contributed by atoms with van der Waals surface area (Å²) >= 11 is 0. The minimum absolute atomic E-state index is 0.405. The molecule has 1 aromatic rings. The Morgan fingerprint density at radius 3 is 3.08 bits per heavy atom. The summed E-state index contributed by atoms with van der Waals surface area (Å²) in [6, 6.07) is 0.405. The fraction of sp³-hybridized carbons (Fsp3) is 0.556. The van der Waals surface area contributed by atoms with E-state index in [9.17, 15) is 0 Å². The van der Waals surface area contributed by atoms with Crippen molar-refractivity contribution in [3.8, 4) is 0 Å². The van der Waals surface area contributed by atoms with E-state index in [0.29, 0.717) is 11.9 Å². The average molecular weight is 179 g/mol. The number of hydrogen-bond acceptors (Lipinski definition) is 4. The van der Waals surface area contributed by atoms with Gasteiger partial charge in [-0.3, -0.25) is 0 Å². The van der Waals surface area contributed by atoms with E-state index in [-0.39, 0.29) is 0 Å². The van der Waals surface area contributed by atoms with Crippen molar-refractivity contribution in [2.75, 3.05) is 6.54 Å².